The molecule has 0 saturated heterocycles. The molecular formula is C33H46Cl2N2O3. The maximum absolute atomic E-state index is 13.7. The first-order valence-electron chi connectivity index (χ1n) is 15.1. The van der Waals surface area contributed by atoms with E-state index in [-0.39, 0.29) is 35.0 Å². The lowest BCUT2D eigenvalue weighted by Gasteiger charge is -2.45. The molecule has 2 aromatic rings. The molecule has 5 nitrogen and oxygen atoms in total. The van der Waals surface area contributed by atoms with Gasteiger partial charge in [-0.1, -0.05) is 96.0 Å². The molecule has 1 amide bonds. The fourth-order valence-corrected chi connectivity index (χ4v) is 7.53. The van der Waals surface area contributed by atoms with E-state index in [1.54, 1.807) is 0 Å². The maximum atomic E-state index is 13.7. The molecule has 0 atom stereocenters. The van der Waals surface area contributed by atoms with Crippen molar-refractivity contribution in [2.24, 2.45) is 11.3 Å². The predicted molar refractivity (Wildman–Crippen MR) is 163 cm³/mol. The number of carbonyl (C=O) groups is 1. The number of benzene rings is 1. The third kappa shape index (κ3) is 6.14. The van der Waals surface area contributed by atoms with Crippen molar-refractivity contribution in [1.82, 2.24) is 9.88 Å². The number of halogens is 2. The SMILES string of the molecule is CC1(COCO)CC(NC(=O)c2c(Cl)c(CC3CCCCC3)n(-c3cc(C(C)(C)C)cc(C4(C)CC4)c3)c2Cl)C1. The molecule has 0 bridgehead atoms. The maximum Gasteiger partial charge on any atom is 0.256 e. The number of aromatic nitrogens is 1. The van der Waals surface area contributed by atoms with Gasteiger partial charge in [-0.3, -0.25) is 4.79 Å². The molecule has 1 heterocycles. The summed E-state index contributed by atoms with van der Waals surface area (Å²) in [7, 11) is 0. The van der Waals surface area contributed by atoms with E-state index in [4.69, 9.17) is 33.0 Å². The summed E-state index contributed by atoms with van der Waals surface area (Å²) in [5, 5.41) is 13.1. The van der Waals surface area contributed by atoms with Gasteiger partial charge in [0.05, 0.1) is 17.2 Å². The first-order valence-corrected chi connectivity index (χ1v) is 15.8. The number of aliphatic hydroxyl groups excluding tert-OH is 1. The molecule has 2 N–H and O–H groups in total. The van der Waals surface area contributed by atoms with E-state index in [1.807, 2.05) is 0 Å². The number of carbonyl (C=O) groups excluding carboxylic acids is 1. The molecule has 3 aliphatic carbocycles. The van der Waals surface area contributed by atoms with E-state index in [2.05, 4.69) is 62.7 Å². The Labute approximate surface area is 250 Å². The van der Waals surface area contributed by atoms with Crippen LogP contribution in [0.1, 0.15) is 120 Å². The molecule has 220 valence electrons. The molecule has 0 aliphatic heterocycles. The van der Waals surface area contributed by atoms with Crippen LogP contribution >= 0.6 is 23.2 Å². The number of amides is 1. The lowest BCUT2D eigenvalue weighted by Crippen LogP contribution is -2.51. The van der Waals surface area contributed by atoms with Gasteiger partial charge in [0.2, 0.25) is 0 Å². The Morgan fingerprint density at radius 2 is 1.77 bits per heavy atom. The summed E-state index contributed by atoms with van der Waals surface area (Å²) in [6, 6.07) is 6.90. The van der Waals surface area contributed by atoms with Crippen molar-refractivity contribution in [3.63, 3.8) is 0 Å². The van der Waals surface area contributed by atoms with Crippen molar-refractivity contribution >= 4 is 29.1 Å². The van der Waals surface area contributed by atoms with E-state index in [0.717, 1.165) is 30.6 Å². The van der Waals surface area contributed by atoms with Crippen molar-refractivity contribution in [2.45, 2.75) is 116 Å². The van der Waals surface area contributed by atoms with E-state index < -0.39 is 0 Å². The zero-order chi connectivity index (χ0) is 28.9. The standard InChI is InChI=1S/C33H46Cl2N2O3/c1-31(2,3)22-14-23(33(5)11-12-33)16-25(15-22)37-26(13-21-9-7-6-8-10-21)28(34)27(29(37)35)30(39)36-24-17-32(4,18-24)19-40-20-38/h14-16,21,24,38H,6-13,17-20H2,1-5H3,(H,36,39). The first-order chi connectivity index (χ1) is 18.8. The van der Waals surface area contributed by atoms with Gasteiger partial charge < -0.3 is 19.7 Å². The second-order valence-electron chi connectivity index (χ2n) is 14.4. The predicted octanol–water partition coefficient (Wildman–Crippen LogP) is 8.12. The second-order valence-corrected chi connectivity index (χ2v) is 15.2. The number of ether oxygens (including phenoxy) is 1. The van der Waals surface area contributed by atoms with Crippen molar-refractivity contribution in [1.29, 1.82) is 0 Å². The fourth-order valence-electron chi connectivity index (χ4n) is 6.77. The van der Waals surface area contributed by atoms with Crippen LogP contribution in [-0.4, -0.2) is 35.0 Å². The number of nitrogens with one attached hydrogen (secondary N) is 1. The van der Waals surface area contributed by atoms with Gasteiger partial charge in [-0.15, -0.1) is 0 Å². The molecule has 40 heavy (non-hydrogen) atoms. The molecule has 7 heteroatoms. The number of hydrogen-bond donors (Lipinski definition) is 2. The van der Waals surface area contributed by atoms with Crippen LogP contribution in [0.15, 0.2) is 18.2 Å². The third-order valence-corrected chi connectivity index (χ3v) is 10.4. The van der Waals surface area contributed by atoms with Gasteiger partial charge in [0.15, 0.2) is 0 Å². The van der Waals surface area contributed by atoms with Crippen LogP contribution in [0.4, 0.5) is 0 Å². The van der Waals surface area contributed by atoms with Gasteiger partial charge in [-0.25, -0.2) is 0 Å². The molecule has 3 aliphatic rings. The van der Waals surface area contributed by atoms with Crippen LogP contribution in [0.3, 0.4) is 0 Å². The summed E-state index contributed by atoms with van der Waals surface area (Å²) >= 11 is 14.3. The molecule has 0 radical (unpaired) electrons. The smallest absolute Gasteiger partial charge is 0.256 e. The van der Waals surface area contributed by atoms with Gasteiger partial charge in [0.1, 0.15) is 11.9 Å². The minimum atomic E-state index is -0.285. The quantitative estimate of drug-likeness (QED) is 0.291. The molecule has 1 aromatic carbocycles. The molecule has 0 unspecified atom stereocenters. The number of nitrogens with zero attached hydrogens (tertiary/aromatic N) is 1. The topological polar surface area (TPSA) is 63.5 Å². The number of rotatable bonds is 9. The minimum absolute atomic E-state index is 0.0280. The Morgan fingerprint density at radius 1 is 1.10 bits per heavy atom. The highest BCUT2D eigenvalue weighted by molar-refractivity contribution is 6.40. The largest absolute Gasteiger partial charge is 0.371 e. The van der Waals surface area contributed by atoms with Gasteiger partial charge in [0.25, 0.3) is 5.91 Å². The molecular weight excluding hydrogens is 543 g/mol. The monoisotopic (exact) mass is 588 g/mol. The zero-order valence-corrected chi connectivity index (χ0v) is 26.4. The Balaban J connectivity index is 1.52. The van der Waals surface area contributed by atoms with Crippen LogP contribution in [0, 0.1) is 11.3 Å². The second kappa shape index (κ2) is 11.3. The Kier molecular flexibility index (Phi) is 8.44. The normalized spacial score (nSPS) is 24.6. The van der Waals surface area contributed by atoms with Gasteiger partial charge in [-0.05, 0) is 77.5 Å². The summed E-state index contributed by atoms with van der Waals surface area (Å²) in [5.41, 5.74) is 5.07. The summed E-state index contributed by atoms with van der Waals surface area (Å²) in [6.45, 7) is 11.4. The van der Waals surface area contributed by atoms with Crippen molar-refractivity contribution in [3.8, 4) is 5.69 Å². The van der Waals surface area contributed by atoms with E-state index >= 15 is 0 Å². The molecule has 3 saturated carbocycles. The Morgan fingerprint density at radius 3 is 2.38 bits per heavy atom. The van der Waals surface area contributed by atoms with Crippen molar-refractivity contribution in [2.75, 3.05) is 13.4 Å². The highest BCUT2D eigenvalue weighted by Crippen LogP contribution is 2.49. The third-order valence-electron chi connectivity index (χ3n) is 9.67. The first kappa shape index (κ1) is 29.9. The van der Waals surface area contributed by atoms with E-state index in [1.165, 1.54) is 56.1 Å². The summed E-state index contributed by atoms with van der Waals surface area (Å²) in [4.78, 5) is 13.7. The van der Waals surface area contributed by atoms with E-state index in [0.29, 0.717) is 28.3 Å². The number of aliphatic hydroxyl groups is 1. The minimum Gasteiger partial charge on any atom is -0.371 e. The lowest BCUT2D eigenvalue weighted by molar-refractivity contribution is -0.0699. The van der Waals surface area contributed by atoms with Gasteiger partial charge in [0, 0.05) is 17.4 Å². The molecule has 0 spiro atoms. The van der Waals surface area contributed by atoms with E-state index in [9.17, 15) is 4.79 Å². The van der Waals surface area contributed by atoms with Crippen molar-refractivity contribution in [3.05, 3.63) is 50.8 Å². The Bertz CT molecular complexity index is 1220. The van der Waals surface area contributed by atoms with Gasteiger partial charge >= 0.3 is 0 Å². The number of hydrogen-bond acceptors (Lipinski definition) is 3. The summed E-state index contributed by atoms with van der Waals surface area (Å²) in [6.07, 6.45) is 10.9. The highest BCUT2D eigenvalue weighted by Gasteiger charge is 2.43. The molecule has 3 fully saturated rings. The van der Waals surface area contributed by atoms with Crippen LogP contribution in [0.5, 0.6) is 0 Å². The summed E-state index contributed by atoms with van der Waals surface area (Å²) < 4.78 is 7.31. The molecule has 1 aromatic heterocycles. The lowest BCUT2D eigenvalue weighted by atomic mass is 9.67. The van der Waals surface area contributed by atoms with Crippen LogP contribution < -0.4 is 5.32 Å². The van der Waals surface area contributed by atoms with Crippen molar-refractivity contribution < 1.29 is 14.6 Å². The van der Waals surface area contributed by atoms with Gasteiger partial charge in [-0.2, -0.15) is 0 Å². The zero-order valence-electron chi connectivity index (χ0n) is 24.8. The fraction of sp³-hybridized carbons (Fsp3) is 0.667. The van der Waals surface area contributed by atoms with Crippen LogP contribution in [-0.2, 0) is 22.0 Å². The molecule has 5 rings (SSSR count). The average molecular weight is 590 g/mol. The highest BCUT2D eigenvalue weighted by atomic mass is 35.5. The van der Waals surface area contributed by atoms with Crippen LogP contribution in [0.25, 0.3) is 5.69 Å². The average Bonchev–Trinajstić information content (AvgIpc) is 3.59. The Hall–Kier alpha value is -1.53. The van der Waals surface area contributed by atoms with Crippen LogP contribution in [0.2, 0.25) is 10.2 Å². The summed E-state index contributed by atoms with van der Waals surface area (Å²) in [5.74, 6) is 0.326.